The van der Waals surface area contributed by atoms with Crippen molar-refractivity contribution in [1.29, 1.82) is 0 Å². The number of halogens is 1. The molecule has 0 saturated heterocycles. The van der Waals surface area contributed by atoms with Crippen LogP contribution in [0.25, 0.3) is 0 Å². The number of aryl methyl sites for hydroxylation is 1. The largest absolute Gasteiger partial charge is 0.464 e. The zero-order valence-electron chi connectivity index (χ0n) is 15.0. The van der Waals surface area contributed by atoms with Crippen LogP contribution in [0, 0.1) is 6.92 Å². The van der Waals surface area contributed by atoms with E-state index in [1.807, 2.05) is 38.3 Å². The van der Waals surface area contributed by atoms with E-state index in [0.717, 1.165) is 11.5 Å². The zero-order valence-corrected chi connectivity index (χ0v) is 17.4. The molecule has 140 valence electrons. The summed E-state index contributed by atoms with van der Waals surface area (Å²) in [6.45, 7) is 3.72. The summed E-state index contributed by atoms with van der Waals surface area (Å²) in [5.41, 5.74) is 0.504. The molecule has 2 aromatic rings. The average Bonchev–Trinajstić information content (AvgIpc) is 3.05. The van der Waals surface area contributed by atoms with Gasteiger partial charge in [0.15, 0.2) is 0 Å². The second kappa shape index (κ2) is 9.83. The summed E-state index contributed by atoms with van der Waals surface area (Å²) in [6, 6.07) is 9.97. The van der Waals surface area contributed by atoms with Gasteiger partial charge in [-0.3, -0.25) is 9.59 Å². The summed E-state index contributed by atoms with van der Waals surface area (Å²) in [7, 11) is 0. The van der Waals surface area contributed by atoms with Crippen molar-refractivity contribution in [1.82, 2.24) is 10.6 Å². The summed E-state index contributed by atoms with van der Waals surface area (Å²) >= 11 is 5.00. The Labute approximate surface area is 166 Å². The fourth-order valence-electron chi connectivity index (χ4n) is 2.46. The topological polar surface area (TPSA) is 71.3 Å². The molecule has 0 aliphatic heterocycles. The summed E-state index contributed by atoms with van der Waals surface area (Å²) in [6.07, 6.45) is 2.52. The van der Waals surface area contributed by atoms with Crippen LogP contribution in [0.5, 0.6) is 0 Å². The number of carbonyl (C=O) groups is 2. The monoisotopic (exact) mass is 438 g/mol. The Balaban J connectivity index is 2.06. The molecular weight excluding hydrogens is 416 g/mol. The van der Waals surface area contributed by atoms with Gasteiger partial charge in [-0.25, -0.2) is 0 Å². The van der Waals surface area contributed by atoms with Crippen molar-refractivity contribution in [2.45, 2.75) is 32.4 Å². The second-order valence-electron chi connectivity index (χ2n) is 5.97. The van der Waals surface area contributed by atoms with Crippen LogP contribution in [-0.2, 0) is 4.79 Å². The minimum Gasteiger partial charge on any atom is -0.464 e. The Morgan fingerprint density at radius 3 is 2.54 bits per heavy atom. The van der Waals surface area contributed by atoms with Crippen LogP contribution in [0.4, 0.5) is 0 Å². The third-order valence-electron chi connectivity index (χ3n) is 3.90. The Kier molecular flexibility index (Phi) is 7.78. The Morgan fingerprint density at radius 1 is 1.19 bits per heavy atom. The Morgan fingerprint density at radius 2 is 1.92 bits per heavy atom. The number of rotatable bonds is 8. The van der Waals surface area contributed by atoms with Crippen LogP contribution in [0.15, 0.2) is 45.3 Å². The van der Waals surface area contributed by atoms with Gasteiger partial charge in [0.05, 0.1) is 11.6 Å². The molecule has 2 amide bonds. The summed E-state index contributed by atoms with van der Waals surface area (Å²) in [4.78, 5) is 25.3. The first-order valence-corrected chi connectivity index (χ1v) is 10.5. The molecule has 2 N–H and O–H groups in total. The number of benzene rings is 1. The lowest BCUT2D eigenvalue weighted by atomic mass is 10.1. The normalized spacial score (nSPS) is 13.1. The van der Waals surface area contributed by atoms with Gasteiger partial charge in [0.2, 0.25) is 5.91 Å². The first-order valence-electron chi connectivity index (χ1n) is 8.33. The highest BCUT2D eigenvalue weighted by atomic mass is 79.9. The first kappa shape index (κ1) is 20.6. The van der Waals surface area contributed by atoms with Gasteiger partial charge in [0.1, 0.15) is 17.6 Å². The molecule has 2 unspecified atom stereocenters. The maximum Gasteiger partial charge on any atom is 0.253 e. The highest BCUT2D eigenvalue weighted by Gasteiger charge is 2.24. The average molecular weight is 439 g/mol. The number of furan rings is 1. The molecule has 0 aliphatic carbocycles. The van der Waals surface area contributed by atoms with Gasteiger partial charge >= 0.3 is 0 Å². The Hall–Kier alpha value is -1.73. The fraction of sp³-hybridized carbons (Fsp3) is 0.368. The lowest BCUT2D eigenvalue weighted by Crippen LogP contribution is -2.47. The third kappa shape index (κ3) is 5.64. The van der Waals surface area contributed by atoms with Crippen molar-refractivity contribution < 1.29 is 14.0 Å². The highest BCUT2D eigenvalue weighted by Crippen LogP contribution is 2.18. The first-order chi connectivity index (χ1) is 12.4. The van der Waals surface area contributed by atoms with E-state index in [2.05, 4.69) is 26.6 Å². The molecule has 2 atom stereocenters. The molecule has 0 bridgehead atoms. The SMILES string of the molecule is CSCCC(NC(=O)c1ccccc1Br)C(=O)NC(C)c1ccc(C)o1. The van der Waals surface area contributed by atoms with Crippen LogP contribution in [0.1, 0.15) is 41.3 Å². The summed E-state index contributed by atoms with van der Waals surface area (Å²) in [5, 5.41) is 5.77. The number of nitrogens with one attached hydrogen (secondary N) is 2. The minimum atomic E-state index is -0.611. The van der Waals surface area contributed by atoms with Crippen molar-refractivity contribution in [2.75, 3.05) is 12.0 Å². The molecule has 2 rings (SSSR count). The molecule has 26 heavy (non-hydrogen) atoms. The zero-order chi connectivity index (χ0) is 19.1. The third-order valence-corrected chi connectivity index (χ3v) is 5.23. The second-order valence-corrected chi connectivity index (χ2v) is 7.81. The smallest absolute Gasteiger partial charge is 0.253 e. The molecular formula is C19H23BrN2O3S. The van der Waals surface area contributed by atoms with Crippen molar-refractivity contribution >= 4 is 39.5 Å². The van der Waals surface area contributed by atoms with E-state index in [4.69, 9.17) is 4.42 Å². The number of hydrogen-bond donors (Lipinski definition) is 2. The van der Waals surface area contributed by atoms with Crippen molar-refractivity contribution in [3.63, 3.8) is 0 Å². The van der Waals surface area contributed by atoms with E-state index in [9.17, 15) is 9.59 Å². The highest BCUT2D eigenvalue weighted by molar-refractivity contribution is 9.10. The van der Waals surface area contributed by atoms with Gasteiger partial charge in [0, 0.05) is 4.47 Å². The van der Waals surface area contributed by atoms with Crippen LogP contribution in [0.2, 0.25) is 0 Å². The lowest BCUT2D eigenvalue weighted by Gasteiger charge is -2.21. The fourth-order valence-corrected chi connectivity index (χ4v) is 3.39. The van der Waals surface area contributed by atoms with E-state index >= 15 is 0 Å². The van der Waals surface area contributed by atoms with Crippen LogP contribution >= 0.6 is 27.7 Å². The van der Waals surface area contributed by atoms with Gasteiger partial charge in [-0.15, -0.1) is 0 Å². The molecule has 0 fully saturated rings. The minimum absolute atomic E-state index is 0.221. The van der Waals surface area contributed by atoms with E-state index < -0.39 is 6.04 Å². The van der Waals surface area contributed by atoms with E-state index in [-0.39, 0.29) is 17.9 Å². The van der Waals surface area contributed by atoms with E-state index in [1.54, 1.807) is 30.0 Å². The molecule has 0 aliphatic rings. The number of thioether (sulfide) groups is 1. The molecule has 0 spiro atoms. The standard InChI is InChI=1S/C19H23BrN2O3S/c1-12-8-9-17(25-12)13(2)21-19(24)16(10-11-26-3)22-18(23)14-6-4-5-7-15(14)20/h4-9,13,16H,10-11H2,1-3H3,(H,21,24)(H,22,23). The van der Waals surface area contributed by atoms with Crippen molar-refractivity contribution in [3.8, 4) is 0 Å². The van der Waals surface area contributed by atoms with Gasteiger partial charge in [0.25, 0.3) is 5.91 Å². The summed E-state index contributed by atoms with van der Waals surface area (Å²) < 4.78 is 6.26. The van der Waals surface area contributed by atoms with Crippen LogP contribution in [0.3, 0.4) is 0 Å². The predicted molar refractivity (Wildman–Crippen MR) is 108 cm³/mol. The summed E-state index contributed by atoms with van der Waals surface area (Å²) in [5.74, 6) is 1.75. The van der Waals surface area contributed by atoms with E-state index in [0.29, 0.717) is 22.2 Å². The predicted octanol–water partition coefficient (Wildman–Crippen LogP) is 4.08. The Bertz CT molecular complexity index is 763. The molecule has 0 radical (unpaired) electrons. The lowest BCUT2D eigenvalue weighted by molar-refractivity contribution is -0.123. The molecule has 1 aromatic heterocycles. The van der Waals surface area contributed by atoms with Gasteiger partial charge < -0.3 is 15.1 Å². The van der Waals surface area contributed by atoms with Crippen molar-refractivity contribution in [2.24, 2.45) is 0 Å². The molecule has 7 heteroatoms. The number of amides is 2. The molecule has 1 aromatic carbocycles. The molecule has 1 heterocycles. The van der Waals surface area contributed by atoms with E-state index in [1.165, 1.54) is 0 Å². The van der Waals surface area contributed by atoms with Gasteiger partial charge in [-0.2, -0.15) is 11.8 Å². The number of hydrogen-bond acceptors (Lipinski definition) is 4. The maximum absolute atomic E-state index is 12.7. The maximum atomic E-state index is 12.7. The number of carbonyl (C=O) groups excluding carboxylic acids is 2. The quantitative estimate of drug-likeness (QED) is 0.651. The van der Waals surface area contributed by atoms with Crippen LogP contribution in [-0.4, -0.2) is 29.9 Å². The van der Waals surface area contributed by atoms with Crippen molar-refractivity contribution in [3.05, 3.63) is 58.0 Å². The van der Waals surface area contributed by atoms with Gasteiger partial charge in [-0.1, -0.05) is 12.1 Å². The van der Waals surface area contributed by atoms with Crippen LogP contribution < -0.4 is 10.6 Å². The van der Waals surface area contributed by atoms with Gasteiger partial charge in [-0.05, 0) is 72.5 Å². The molecule has 5 nitrogen and oxygen atoms in total. The molecule has 0 saturated carbocycles.